The van der Waals surface area contributed by atoms with E-state index in [0.717, 1.165) is 15.3 Å². The third-order valence-electron chi connectivity index (χ3n) is 3.13. The number of anilines is 1. The van der Waals surface area contributed by atoms with Gasteiger partial charge in [0.2, 0.25) is 0 Å². The number of rotatable bonds is 3. The molecule has 0 bridgehead atoms. The van der Waals surface area contributed by atoms with E-state index in [9.17, 15) is 9.59 Å². The van der Waals surface area contributed by atoms with Crippen molar-refractivity contribution in [3.05, 3.63) is 58.4 Å². The van der Waals surface area contributed by atoms with Gasteiger partial charge in [0.15, 0.2) is 0 Å². The number of thiazole rings is 1. The molecule has 0 unspecified atom stereocenters. The van der Waals surface area contributed by atoms with Crippen molar-refractivity contribution in [2.45, 2.75) is 6.92 Å². The molecule has 8 heteroatoms. The number of carbonyl (C=O) groups excluding carboxylic acids is 1. The molecule has 3 aromatic heterocycles. The monoisotopic (exact) mass is 327 g/mol. The third-order valence-corrected chi connectivity index (χ3v) is 4.25. The number of nitrogens with zero attached hydrogens (tertiary/aromatic N) is 4. The lowest BCUT2D eigenvalue weighted by atomic mass is 10.3. The van der Waals surface area contributed by atoms with Crippen LogP contribution in [0.25, 0.3) is 10.6 Å². The molecule has 116 valence electrons. The minimum atomic E-state index is -0.384. The minimum absolute atomic E-state index is 0.169. The SMILES string of the molecule is Cc1nc(-c2cccnc2)sc1NC(=O)c1ccc(=O)n(C)n1. The molecule has 0 atom stereocenters. The van der Waals surface area contributed by atoms with E-state index >= 15 is 0 Å². The molecule has 23 heavy (non-hydrogen) atoms. The summed E-state index contributed by atoms with van der Waals surface area (Å²) >= 11 is 1.36. The van der Waals surface area contributed by atoms with Crippen LogP contribution in [-0.4, -0.2) is 25.7 Å². The van der Waals surface area contributed by atoms with Gasteiger partial charge in [-0.1, -0.05) is 11.3 Å². The fourth-order valence-corrected chi connectivity index (χ4v) is 2.87. The molecule has 0 aliphatic carbocycles. The van der Waals surface area contributed by atoms with Crippen molar-refractivity contribution in [1.29, 1.82) is 0 Å². The molecule has 3 aromatic rings. The Morgan fingerprint density at radius 2 is 2.13 bits per heavy atom. The molecule has 0 radical (unpaired) electrons. The highest BCUT2D eigenvalue weighted by atomic mass is 32.1. The lowest BCUT2D eigenvalue weighted by molar-refractivity contribution is 0.102. The molecular formula is C15H13N5O2S. The van der Waals surface area contributed by atoms with Gasteiger partial charge in [0, 0.05) is 31.1 Å². The molecule has 0 saturated carbocycles. The average molecular weight is 327 g/mol. The summed E-state index contributed by atoms with van der Waals surface area (Å²) in [4.78, 5) is 32.1. The van der Waals surface area contributed by atoms with Crippen LogP contribution in [0.15, 0.2) is 41.5 Å². The summed E-state index contributed by atoms with van der Waals surface area (Å²) in [5.41, 5.74) is 1.51. The van der Waals surface area contributed by atoms with Crippen molar-refractivity contribution in [3.8, 4) is 10.6 Å². The highest BCUT2D eigenvalue weighted by molar-refractivity contribution is 7.19. The molecule has 0 spiro atoms. The van der Waals surface area contributed by atoms with E-state index in [2.05, 4.69) is 20.4 Å². The Balaban J connectivity index is 1.85. The summed E-state index contributed by atoms with van der Waals surface area (Å²) in [6.45, 7) is 1.82. The maximum atomic E-state index is 12.3. The molecule has 1 N–H and O–H groups in total. The van der Waals surface area contributed by atoms with Crippen LogP contribution in [0, 0.1) is 6.92 Å². The van der Waals surface area contributed by atoms with Gasteiger partial charge in [-0.25, -0.2) is 9.67 Å². The Labute approximate surface area is 135 Å². The summed E-state index contributed by atoms with van der Waals surface area (Å²) in [6, 6.07) is 6.45. The Hall–Kier alpha value is -2.87. The Bertz CT molecular complexity index is 917. The van der Waals surface area contributed by atoms with Gasteiger partial charge in [-0.15, -0.1) is 0 Å². The highest BCUT2D eigenvalue weighted by Crippen LogP contribution is 2.31. The Kier molecular flexibility index (Phi) is 3.98. The molecule has 0 aromatic carbocycles. The summed E-state index contributed by atoms with van der Waals surface area (Å²) in [5, 5.41) is 8.13. The fourth-order valence-electron chi connectivity index (χ4n) is 1.92. The molecule has 0 aliphatic rings. The number of pyridine rings is 1. The molecule has 1 amide bonds. The molecule has 0 aliphatic heterocycles. The van der Waals surface area contributed by atoms with Gasteiger partial charge in [-0.2, -0.15) is 5.10 Å². The first-order chi connectivity index (χ1) is 11.0. The van der Waals surface area contributed by atoms with Crippen LogP contribution in [0.3, 0.4) is 0 Å². The number of hydrogen-bond donors (Lipinski definition) is 1. The van der Waals surface area contributed by atoms with Crippen LogP contribution < -0.4 is 10.9 Å². The number of carbonyl (C=O) groups is 1. The van der Waals surface area contributed by atoms with Gasteiger partial charge in [0.1, 0.15) is 15.7 Å². The van der Waals surface area contributed by atoms with Crippen LogP contribution in [0.2, 0.25) is 0 Å². The standard InChI is InChI=1S/C15H13N5O2S/c1-9-14(23-15(17-9)10-4-3-7-16-8-10)18-13(22)11-5-6-12(21)20(2)19-11/h3-8H,1-2H3,(H,18,22). The van der Waals surface area contributed by atoms with Gasteiger partial charge in [0.25, 0.3) is 11.5 Å². The second kappa shape index (κ2) is 6.09. The van der Waals surface area contributed by atoms with Gasteiger partial charge < -0.3 is 5.32 Å². The second-order valence-electron chi connectivity index (χ2n) is 4.81. The molecular weight excluding hydrogens is 314 g/mol. The Morgan fingerprint density at radius 1 is 1.30 bits per heavy atom. The zero-order valence-corrected chi connectivity index (χ0v) is 13.3. The van der Waals surface area contributed by atoms with Crippen molar-refractivity contribution in [2.24, 2.45) is 7.05 Å². The summed E-state index contributed by atoms with van der Waals surface area (Å²) in [5.74, 6) is -0.384. The van der Waals surface area contributed by atoms with Gasteiger partial charge in [-0.05, 0) is 25.1 Å². The van der Waals surface area contributed by atoms with Crippen LogP contribution in [0.5, 0.6) is 0 Å². The fraction of sp³-hybridized carbons (Fsp3) is 0.133. The van der Waals surface area contributed by atoms with Crippen LogP contribution >= 0.6 is 11.3 Å². The van der Waals surface area contributed by atoms with E-state index in [1.54, 1.807) is 12.4 Å². The number of amides is 1. The zero-order chi connectivity index (χ0) is 16.4. The smallest absolute Gasteiger partial charge is 0.276 e. The summed E-state index contributed by atoms with van der Waals surface area (Å²) in [6.07, 6.45) is 3.41. The van der Waals surface area contributed by atoms with E-state index in [1.165, 1.54) is 30.5 Å². The second-order valence-corrected chi connectivity index (χ2v) is 5.81. The van der Waals surface area contributed by atoms with Crippen molar-refractivity contribution >= 4 is 22.2 Å². The van der Waals surface area contributed by atoms with E-state index < -0.39 is 0 Å². The van der Waals surface area contributed by atoms with Crippen LogP contribution in [0.4, 0.5) is 5.00 Å². The first kappa shape index (κ1) is 15.0. The average Bonchev–Trinajstić information content (AvgIpc) is 2.92. The minimum Gasteiger partial charge on any atom is -0.311 e. The molecule has 7 nitrogen and oxygen atoms in total. The largest absolute Gasteiger partial charge is 0.311 e. The van der Waals surface area contributed by atoms with Crippen LogP contribution in [0.1, 0.15) is 16.2 Å². The molecule has 3 rings (SSSR count). The van der Waals surface area contributed by atoms with Gasteiger partial charge in [0.05, 0.1) is 5.69 Å². The number of aromatic nitrogens is 4. The predicted octanol–water partition coefficient (Wildman–Crippen LogP) is 1.86. The maximum absolute atomic E-state index is 12.3. The van der Waals surface area contributed by atoms with E-state index in [4.69, 9.17) is 0 Å². The Morgan fingerprint density at radius 3 is 2.83 bits per heavy atom. The molecule has 3 heterocycles. The summed E-state index contributed by atoms with van der Waals surface area (Å²) < 4.78 is 1.12. The highest BCUT2D eigenvalue weighted by Gasteiger charge is 2.14. The molecule has 0 saturated heterocycles. The van der Waals surface area contributed by atoms with E-state index in [1.807, 2.05) is 19.1 Å². The van der Waals surface area contributed by atoms with E-state index in [0.29, 0.717) is 10.7 Å². The first-order valence-electron chi connectivity index (χ1n) is 6.78. The topological polar surface area (TPSA) is 89.8 Å². The zero-order valence-electron chi connectivity index (χ0n) is 12.5. The van der Waals surface area contributed by atoms with Crippen LogP contribution in [-0.2, 0) is 7.05 Å². The number of hydrogen-bond acceptors (Lipinski definition) is 6. The summed E-state index contributed by atoms with van der Waals surface area (Å²) in [7, 11) is 1.50. The number of nitrogens with one attached hydrogen (secondary N) is 1. The first-order valence-corrected chi connectivity index (χ1v) is 7.60. The van der Waals surface area contributed by atoms with Crippen molar-refractivity contribution in [1.82, 2.24) is 19.7 Å². The van der Waals surface area contributed by atoms with Crippen molar-refractivity contribution in [3.63, 3.8) is 0 Å². The van der Waals surface area contributed by atoms with Crippen molar-refractivity contribution < 1.29 is 4.79 Å². The van der Waals surface area contributed by atoms with Crippen molar-refractivity contribution in [2.75, 3.05) is 5.32 Å². The predicted molar refractivity (Wildman–Crippen MR) is 87.5 cm³/mol. The van der Waals surface area contributed by atoms with Gasteiger partial charge >= 0.3 is 0 Å². The molecule has 0 fully saturated rings. The quantitative estimate of drug-likeness (QED) is 0.793. The lowest BCUT2D eigenvalue weighted by Crippen LogP contribution is -2.23. The normalized spacial score (nSPS) is 10.5. The lowest BCUT2D eigenvalue weighted by Gasteiger charge is -2.03. The van der Waals surface area contributed by atoms with E-state index in [-0.39, 0.29) is 17.2 Å². The number of aryl methyl sites for hydroxylation is 2. The third kappa shape index (κ3) is 3.16. The maximum Gasteiger partial charge on any atom is 0.276 e. The van der Waals surface area contributed by atoms with Gasteiger partial charge in [-0.3, -0.25) is 14.6 Å².